The summed E-state index contributed by atoms with van der Waals surface area (Å²) < 4.78 is 23.7. The number of likely N-dealkylation sites (tertiary alicyclic amines) is 1. The third-order valence-electron chi connectivity index (χ3n) is 6.54. The zero-order chi connectivity index (χ0) is 25.9. The molecule has 36 heavy (non-hydrogen) atoms. The van der Waals surface area contributed by atoms with E-state index < -0.39 is 18.0 Å². The van der Waals surface area contributed by atoms with Crippen molar-refractivity contribution in [3.05, 3.63) is 81.0 Å². The van der Waals surface area contributed by atoms with E-state index in [2.05, 4.69) is 5.16 Å². The predicted molar refractivity (Wildman–Crippen MR) is 139 cm³/mol. The van der Waals surface area contributed by atoms with Gasteiger partial charge in [0.2, 0.25) is 0 Å². The number of fused-ring (bicyclic) bond motifs is 4. The van der Waals surface area contributed by atoms with Crippen molar-refractivity contribution in [1.29, 1.82) is 0 Å². The van der Waals surface area contributed by atoms with Gasteiger partial charge in [-0.15, -0.1) is 12.4 Å². The van der Waals surface area contributed by atoms with Crippen LogP contribution in [0.3, 0.4) is 0 Å². The largest absolute Gasteiger partial charge is 0.508 e. The Morgan fingerprint density at radius 1 is 1.08 bits per heavy atom. The van der Waals surface area contributed by atoms with Crippen LogP contribution in [0.4, 0.5) is 0 Å². The van der Waals surface area contributed by atoms with Gasteiger partial charge in [0.15, 0.2) is 16.5 Å². The normalized spacial score (nSPS) is 16.8. The van der Waals surface area contributed by atoms with Gasteiger partial charge in [0, 0.05) is 32.0 Å². The number of aromatic hydroxyl groups is 3. The predicted octanol–water partition coefficient (Wildman–Crippen LogP) is 4.76. The number of rotatable bonds is 3. The van der Waals surface area contributed by atoms with Gasteiger partial charge in [0.25, 0.3) is 0 Å². The summed E-state index contributed by atoms with van der Waals surface area (Å²) in [5.41, 5.74) is 1.88. The van der Waals surface area contributed by atoms with E-state index in [1.165, 1.54) is 18.2 Å². The summed E-state index contributed by atoms with van der Waals surface area (Å²) in [6, 6.07) is 13.5. The van der Waals surface area contributed by atoms with E-state index in [0.717, 1.165) is 5.56 Å². The third kappa shape index (κ3) is 4.34. The van der Waals surface area contributed by atoms with Crippen LogP contribution in [0.2, 0.25) is 5.02 Å². The minimum absolute atomic E-state index is 0. The van der Waals surface area contributed by atoms with Crippen LogP contribution in [0.25, 0.3) is 17.0 Å². The number of benzene rings is 3. The number of nitrogens with zero attached hydrogens (tertiary/aromatic N) is 2. The van der Waals surface area contributed by atoms with Crippen LogP contribution in [-0.2, 0) is 6.50 Å². The molecule has 9 heteroatoms. The quantitative estimate of drug-likeness (QED) is 0.354. The fraction of sp³-hybridized carbons (Fsp3) is 0.222. The molecule has 3 heterocycles. The molecule has 0 atom stereocenters. The molecular formula is C27H24Cl2N2O5. The topological polar surface area (TPSA) is 98.7 Å². The number of hydrogen-bond acceptors (Lipinski definition) is 7. The highest BCUT2D eigenvalue weighted by Crippen LogP contribution is 2.37. The van der Waals surface area contributed by atoms with Crippen LogP contribution < -0.4 is 15.6 Å². The summed E-state index contributed by atoms with van der Waals surface area (Å²) in [5.74, 6) is -0.324. The molecule has 1 aromatic heterocycles. The molecule has 1 saturated heterocycles. The maximum atomic E-state index is 11.3. The smallest absolute Gasteiger partial charge is 0.169 e. The highest BCUT2D eigenvalue weighted by Gasteiger charge is 2.25. The SMILES string of the molecule is Cl.[2H]C([2H])(c1c(O)cc2oc3c(c2c1O)=NOc1cc(O)ccc1C=3)N1CCC(c2cccc(Cl)c2)CC1. The van der Waals surface area contributed by atoms with Crippen molar-refractivity contribution in [2.45, 2.75) is 25.3 Å². The lowest BCUT2D eigenvalue weighted by atomic mass is 9.89. The Morgan fingerprint density at radius 2 is 1.89 bits per heavy atom. The summed E-state index contributed by atoms with van der Waals surface area (Å²) in [6.45, 7) is -1.33. The zero-order valence-electron chi connectivity index (χ0n) is 20.9. The molecule has 0 amide bonds. The summed E-state index contributed by atoms with van der Waals surface area (Å²) >= 11 is 6.15. The molecule has 4 aromatic rings. The van der Waals surface area contributed by atoms with Gasteiger partial charge in [-0.3, -0.25) is 4.90 Å². The molecule has 7 nitrogen and oxygen atoms in total. The molecule has 2 aliphatic heterocycles. The van der Waals surface area contributed by atoms with E-state index >= 15 is 0 Å². The van der Waals surface area contributed by atoms with Crippen LogP contribution in [0.5, 0.6) is 23.0 Å². The number of furan rings is 1. The Morgan fingerprint density at radius 3 is 2.67 bits per heavy atom. The van der Waals surface area contributed by atoms with Crippen LogP contribution in [0.15, 0.2) is 58.1 Å². The number of piperidine rings is 1. The van der Waals surface area contributed by atoms with Gasteiger partial charge >= 0.3 is 0 Å². The molecule has 0 unspecified atom stereocenters. The van der Waals surface area contributed by atoms with Crippen LogP contribution in [0, 0.1) is 0 Å². The molecular weight excluding hydrogens is 503 g/mol. The standard InChI is InChI=1S/C27H23ClN2O5.ClH/c28-18-3-1-2-16(10-18)15-6-8-30(9-7-15)14-20-21(32)13-23-25(27(20)33)26-24(34-23)11-17-4-5-19(31)12-22(17)35-29-26;/h1-5,10-13,15,31-33H,6-9,14H2;1H/i14D2;. The first-order chi connectivity index (χ1) is 17.7. The Kier molecular flexibility index (Phi) is 5.81. The van der Waals surface area contributed by atoms with Crippen LogP contribution in [0.1, 0.15) is 38.2 Å². The minimum atomic E-state index is -2.17. The second kappa shape index (κ2) is 9.58. The average molecular weight is 529 g/mol. The fourth-order valence-corrected chi connectivity index (χ4v) is 4.93. The lowest BCUT2D eigenvalue weighted by Gasteiger charge is -2.32. The van der Waals surface area contributed by atoms with Gasteiger partial charge in [0.05, 0.1) is 10.9 Å². The van der Waals surface area contributed by atoms with Crippen molar-refractivity contribution >= 4 is 41.1 Å². The van der Waals surface area contributed by atoms with Crippen molar-refractivity contribution in [3.63, 3.8) is 0 Å². The van der Waals surface area contributed by atoms with Crippen LogP contribution >= 0.6 is 24.0 Å². The Labute approximate surface area is 220 Å². The third-order valence-corrected chi connectivity index (χ3v) is 6.77. The fourth-order valence-electron chi connectivity index (χ4n) is 4.73. The molecule has 0 aliphatic carbocycles. The lowest BCUT2D eigenvalue weighted by Crippen LogP contribution is -2.32. The number of hydrogen-bond donors (Lipinski definition) is 3. The van der Waals surface area contributed by atoms with Crippen molar-refractivity contribution in [3.8, 4) is 23.0 Å². The Hall–Kier alpha value is -3.39. The van der Waals surface area contributed by atoms with Gasteiger partial charge in [-0.25, -0.2) is 0 Å². The Bertz CT molecular complexity index is 1670. The maximum Gasteiger partial charge on any atom is 0.169 e. The van der Waals surface area contributed by atoms with Crippen molar-refractivity contribution in [1.82, 2.24) is 4.90 Å². The van der Waals surface area contributed by atoms with E-state index in [1.807, 2.05) is 24.3 Å². The molecule has 0 radical (unpaired) electrons. The first-order valence-electron chi connectivity index (χ1n) is 12.3. The molecule has 0 saturated carbocycles. The molecule has 0 bridgehead atoms. The molecule has 2 aliphatic rings. The number of phenols is 3. The van der Waals surface area contributed by atoms with Gasteiger partial charge in [-0.2, -0.15) is 0 Å². The van der Waals surface area contributed by atoms with E-state index in [4.69, 9.17) is 23.6 Å². The van der Waals surface area contributed by atoms with Crippen LogP contribution in [-0.4, -0.2) is 33.3 Å². The summed E-state index contributed by atoms with van der Waals surface area (Å²) in [7, 11) is 0. The average Bonchev–Trinajstić information content (AvgIpc) is 3.11. The molecule has 3 N–H and O–H groups in total. The first kappa shape index (κ1) is 21.9. The molecule has 3 aromatic carbocycles. The second-order valence-electron chi connectivity index (χ2n) is 8.78. The highest BCUT2D eigenvalue weighted by molar-refractivity contribution is 6.30. The molecule has 186 valence electrons. The van der Waals surface area contributed by atoms with Gasteiger partial charge in [-0.05, 0) is 67.8 Å². The first-order valence-corrected chi connectivity index (χ1v) is 11.7. The second-order valence-corrected chi connectivity index (χ2v) is 9.22. The maximum absolute atomic E-state index is 11.3. The summed E-state index contributed by atoms with van der Waals surface area (Å²) in [5, 5.41) is 36.9. The van der Waals surface area contributed by atoms with Gasteiger partial charge in [-0.1, -0.05) is 28.9 Å². The highest BCUT2D eigenvalue weighted by atomic mass is 35.5. The zero-order valence-corrected chi connectivity index (χ0v) is 20.5. The van der Waals surface area contributed by atoms with Crippen molar-refractivity contribution in [2.75, 3.05) is 13.1 Å². The number of phenolic OH excluding ortho intramolecular Hbond substituents is 3. The molecule has 1 fully saturated rings. The van der Waals surface area contributed by atoms with E-state index in [9.17, 15) is 15.3 Å². The summed E-state index contributed by atoms with van der Waals surface area (Å²) in [6.07, 6.45) is 3.05. The van der Waals surface area contributed by atoms with E-state index in [-0.39, 0.29) is 51.4 Å². The van der Waals surface area contributed by atoms with Crippen molar-refractivity contribution in [2.24, 2.45) is 5.16 Å². The van der Waals surface area contributed by atoms with E-state index in [0.29, 0.717) is 42.3 Å². The van der Waals surface area contributed by atoms with Gasteiger partial charge < -0.3 is 24.6 Å². The lowest BCUT2D eigenvalue weighted by molar-refractivity contribution is 0.200. The van der Waals surface area contributed by atoms with Gasteiger partial charge in [0.1, 0.15) is 22.8 Å². The van der Waals surface area contributed by atoms with E-state index in [1.54, 1.807) is 17.0 Å². The Balaban J connectivity index is 0.00000294. The monoisotopic (exact) mass is 528 g/mol. The minimum Gasteiger partial charge on any atom is -0.508 e. The number of halogens is 2. The van der Waals surface area contributed by atoms with Crippen molar-refractivity contribution < 1.29 is 27.3 Å². The molecule has 6 rings (SSSR count). The summed E-state index contributed by atoms with van der Waals surface area (Å²) in [4.78, 5) is 7.11. The molecule has 0 spiro atoms.